The number of carbonyl (C=O) groups is 1. The fourth-order valence-corrected chi connectivity index (χ4v) is 3.74. The molecule has 1 atom stereocenters. The van der Waals surface area contributed by atoms with Crippen molar-refractivity contribution in [1.82, 2.24) is 4.90 Å². The third kappa shape index (κ3) is 2.40. The van der Waals surface area contributed by atoms with Gasteiger partial charge >= 0.3 is 0 Å². The van der Waals surface area contributed by atoms with Gasteiger partial charge in [-0.1, -0.05) is 36.4 Å². The first-order valence-electron chi connectivity index (χ1n) is 6.72. The summed E-state index contributed by atoms with van der Waals surface area (Å²) in [5.74, 6) is 0. The van der Waals surface area contributed by atoms with Gasteiger partial charge in [0, 0.05) is 16.7 Å². The van der Waals surface area contributed by atoms with Crippen LogP contribution in [0.15, 0.2) is 42.5 Å². The molecule has 1 aliphatic rings. The van der Waals surface area contributed by atoms with E-state index in [2.05, 4.69) is 76.9 Å². The molecule has 0 radical (unpaired) electrons. The molecule has 0 N–H and O–H groups in total. The minimum absolute atomic E-state index is 0.113. The third-order valence-electron chi connectivity index (χ3n) is 3.97. The van der Waals surface area contributed by atoms with Crippen molar-refractivity contribution in [3.05, 3.63) is 68.3 Å². The lowest BCUT2D eigenvalue weighted by Crippen LogP contribution is -2.23. The predicted octanol–water partition coefficient (Wildman–Crippen LogP) is 3.86. The molecule has 0 saturated heterocycles. The van der Waals surface area contributed by atoms with Gasteiger partial charge in [-0.05, 0) is 57.8 Å². The Bertz CT molecular complexity index is 653. The van der Waals surface area contributed by atoms with E-state index in [1.165, 1.54) is 25.8 Å². The molecule has 2 aromatic rings. The number of benzene rings is 2. The van der Waals surface area contributed by atoms with Crippen LogP contribution < -0.4 is 0 Å². The SMILES string of the molecule is Cc1ccccc1CN1Cc2cccc(I)c2C1C=O. The summed E-state index contributed by atoms with van der Waals surface area (Å²) >= 11 is 2.33. The smallest absolute Gasteiger partial charge is 0.141 e. The Morgan fingerprint density at radius 1 is 1.25 bits per heavy atom. The highest BCUT2D eigenvalue weighted by Crippen LogP contribution is 2.36. The summed E-state index contributed by atoms with van der Waals surface area (Å²) in [4.78, 5) is 13.8. The van der Waals surface area contributed by atoms with Gasteiger partial charge < -0.3 is 4.79 Å². The Labute approximate surface area is 132 Å². The van der Waals surface area contributed by atoms with Crippen molar-refractivity contribution in [2.75, 3.05) is 0 Å². The van der Waals surface area contributed by atoms with Crippen LogP contribution in [0.2, 0.25) is 0 Å². The fourth-order valence-electron chi connectivity index (χ4n) is 2.87. The van der Waals surface area contributed by atoms with Gasteiger partial charge in [0.1, 0.15) is 6.29 Å². The molecule has 1 aliphatic heterocycles. The summed E-state index contributed by atoms with van der Waals surface area (Å²) in [6, 6.07) is 14.5. The van der Waals surface area contributed by atoms with E-state index >= 15 is 0 Å². The van der Waals surface area contributed by atoms with Gasteiger partial charge in [0.05, 0.1) is 6.04 Å². The zero-order chi connectivity index (χ0) is 14.1. The second-order valence-electron chi connectivity index (χ2n) is 5.23. The third-order valence-corrected chi connectivity index (χ3v) is 4.91. The van der Waals surface area contributed by atoms with Crippen molar-refractivity contribution < 1.29 is 4.79 Å². The van der Waals surface area contributed by atoms with Crippen LogP contribution in [0.1, 0.15) is 28.3 Å². The van der Waals surface area contributed by atoms with E-state index in [1.807, 2.05) is 0 Å². The Balaban J connectivity index is 1.92. The van der Waals surface area contributed by atoms with Crippen molar-refractivity contribution in [3.8, 4) is 0 Å². The Morgan fingerprint density at radius 2 is 2.05 bits per heavy atom. The van der Waals surface area contributed by atoms with Crippen LogP contribution in [0.3, 0.4) is 0 Å². The van der Waals surface area contributed by atoms with E-state index in [1.54, 1.807) is 0 Å². The lowest BCUT2D eigenvalue weighted by molar-refractivity contribution is -0.112. The molecule has 0 bridgehead atoms. The standard InChI is InChI=1S/C17H16INO/c1-12-5-2-3-6-13(12)9-19-10-14-7-4-8-15(18)17(14)16(19)11-20/h2-8,11,16H,9-10H2,1H3. The first kappa shape index (κ1) is 13.8. The quantitative estimate of drug-likeness (QED) is 0.598. The van der Waals surface area contributed by atoms with Crippen molar-refractivity contribution >= 4 is 28.9 Å². The number of fused-ring (bicyclic) bond motifs is 1. The van der Waals surface area contributed by atoms with Crippen LogP contribution in [0.25, 0.3) is 0 Å². The first-order chi connectivity index (χ1) is 9.70. The second-order valence-corrected chi connectivity index (χ2v) is 6.39. The monoisotopic (exact) mass is 377 g/mol. The highest BCUT2D eigenvalue weighted by molar-refractivity contribution is 14.1. The van der Waals surface area contributed by atoms with Crippen molar-refractivity contribution in [3.63, 3.8) is 0 Å². The molecule has 2 nitrogen and oxygen atoms in total. The van der Waals surface area contributed by atoms with E-state index in [4.69, 9.17) is 0 Å². The maximum absolute atomic E-state index is 11.6. The molecule has 3 heteroatoms. The van der Waals surface area contributed by atoms with E-state index in [0.29, 0.717) is 0 Å². The van der Waals surface area contributed by atoms with Crippen LogP contribution in [0, 0.1) is 10.5 Å². The normalized spacial score (nSPS) is 18.0. The minimum atomic E-state index is -0.113. The molecule has 0 spiro atoms. The molecule has 0 amide bonds. The lowest BCUT2D eigenvalue weighted by Gasteiger charge is -2.21. The molecule has 20 heavy (non-hydrogen) atoms. The zero-order valence-electron chi connectivity index (χ0n) is 11.3. The van der Waals surface area contributed by atoms with Crippen molar-refractivity contribution in [2.45, 2.75) is 26.1 Å². The number of nitrogens with zero attached hydrogens (tertiary/aromatic N) is 1. The van der Waals surface area contributed by atoms with Gasteiger partial charge in [-0.15, -0.1) is 0 Å². The summed E-state index contributed by atoms with van der Waals surface area (Å²) < 4.78 is 1.18. The first-order valence-corrected chi connectivity index (χ1v) is 7.79. The predicted molar refractivity (Wildman–Crippen MR) is 88.4 cm³/mol. The number of halogens is 1. The highest BCUT2D eigenvalue weighted by Gasteiger charge is 2.31. The second kappa shape index (κ2) is 5.66. The average molecular weight is 377 g/mol. The van der Waals surface area contributed by atoms with Crippen LogP contribution in [-0.2, 0) is 17.9 Å². The minimum Gasteiger partial charge on any atom is -0.301 e. The Hall–Kier alpha value is -1.20. The summed E-state index contributed by atoms with van der Waals surface area (Å²) in [5, 5.41) is 0. The van der Waals surface area contributed by atoms with Gasteiger partial charge in [0.15, 0.2) is 0 Å². The van der Waals surface area contributed by atoms with Crippen molar-refractivity contribution in [2.24, 2.45) is 0 Å². The molecular weight excluding hydrogens is 361 g/mol. The van der Waals surface area contributed by atoms with Gasteiger partial charge in [0.25, 0.3) is 0 Å². The van der Waals surface area contributed by atoms with E-state index in [-0.39, 0.29) is 6.04 Å². The molecule has 0 saturated carbocycles. The summed E-state index contributed by atoms with van der Waals surface area (Å²) in [6.45, 7) is 3.79. The molecule has 102 valence electrons. The maximum Gasteiger partial charge on any atom is 0.141 e. The molecule has 1 unspecified atom stereocenters. The summed E-state index contributed by atoms with van der Waals surface area (Å²) in [7, 11) is 0. The number of aryl methyl sites for hydroxylation is 1. The average Bonchev–Trinajstić information content (AvgIpc) is 2.80. The molecule has 0 aromatic heterocycles. The number of hydrogen-bond donors (Lipinski definition) is 0. The van der Waals surface area contributed by atoms with E-state index < -0.39 is 0 Å². The lowest BCUT2D eigenvalue weighted by atomic mass is 10.1. The molecule has 2 aromatic carbocycles. The molecule has 1 heterocycles. The number of aldehydes is 1. The van der Waals surface area contributed by atoms with Crippen LogP contribution in [-0.4, -0.2) is 11.2 Å². The molecule has 0 fully saturated rings. The van der Waals surface area contributed by atoms with E-state index in [9.17, 15) is 4.79 Å². The van der Waals surface area contributed by atoms with Crippen LogP contribution >= 0.6 is 22.6 Å². The molecule has 3 rings (SSSR count). The molecule has 0 aliphatic carbocycles. The summed E-state index contributed by atoms with van der Waals surface area (Å²) in [5.41, 5.74) is 5.05. The highest BCUT2D eigenvalue weighted by atomic mass is 127. The fraction of sp³-hybridized carbons (Fsp3) is 0.235. The Kier molecular flexibility index (Phi) is 3.89. The topological polar surface area (TPSA) is 20.3 Å². The van der Waals surface area contributed by atoms with E-state index in [0.717, 1.165) is 19.4 Å². The van der Waals surface area contributed by atoms with Crippen molar-refractivity contribution in [1.29, 1.82) is 0 Å². The largest absolute Gasteiger partial charge is 0.301 e. The maximum atomic E-state index is 11.6. The van der Waals surface area contributed by atoms with Gasteiger partial charge in [-0.2, -0.15) is 0 Å². The summed E-state index contributed by atoms with van der Waals surface area (Å²) in [6.07, 6.45) is 1.08. The van der Waals surface area contributed by atoms with Crippen LogP contribution in [0.4, 0.5) is 0 Å². The number of carbonyl (C=O) groups excluding carboxylic acids is 1. The number of hydrogen-bond acceptors (Lipinski definition) is 2. The van der Waals surface area contributed by atoms with Gasteiger partial charge in [0.2, 0.25) is 0 Å². The van der Waals surface area contributed by atoms with Gasteiger partial charge in [-0.25, -0.2) is 0 Å². The number of rotatable bonds is 3. The van der Waals surface area contributed by atoms with Crippen LogP contribution in [0.5, 0.6) is 0 Å². The van der Waals surface area contributed by atoms with Gasteiger partial charge in [-0.3, -0.25) is 4.90 Å². The Morgan fingerprint density at radius 3 is 2.80 bits per heavy atom. The molecular formula is C17H16INO. The zero-order valence-corrected chi connectivity index (χ0v) is 13.5.